The SMILES string of the molecule is C/C(=N/NC(=O)c1cc(O)cc(O)c1)c1ccc(-n2ccnc2)cc1. The number of phenolic OH excluding ortho intramolecular Hbond substituents is 2. The van der Waals surface area contributed by atoms with Crippen LogP contribution in [0, 0.1) is 0 Å². The van der Waals surface area contributed by atoms with E-state index >= 15 is 0 Å². The van der Waals surface area contributed by atoms with Crippen molar-refractivity contribution in [2.45, 2.75) is 6.92 Å². The van der Waals surface area contributed by atoms with Crippen molar-refractivity contribution < 1.29 is 15.0 Å². The van der Waals surface area contributed by atoms with Gasteiger partial charge in [0, 0.05) is 29.7 Å². The number of aromatic nitrogens is 2. The van der Waals surface area contributed by atoms with Crippen molar-refractivity contribution in [3.05, 3.63) is 72.3 Å². The molecule has 0 bridgehead atoms. The van der Waals surface area contributed by atoms with Crippen molar-refractivity contribution in [2.24, 2.45) is 5.10 Å². The highest BCUT2D eigenvalue weighted by Gasteiger charge is 2.08. The number of amides is 1. The van der Waals surface area contributed by atoms with E-state index in [9.17, 15) is 15.0 Å². The van der Waals surface area contributed by atoms with Crippen molar-refractivity contribution in [1.29, 1.82) is 0 Å². The number of carbonyl (C=O) groups is 1. The third kappa shape index (κ3) is 3.84. The predicted molar refractivity (Wildman–Crippen MR) is 93.0 cm³/mol. The van der Waals surface area contributed by atoms with E-state index in [1.807, 2.05) is 35.0 Å². The van der Waals surface area contributed by atoms with Gasteiger partial charge >= 0.3 is 0 Å². The number of phenols is 2. The maximum absolute atomic E-state index is 12.0. The summed E-state index contributed by atoms with van der Waals surface area (Å²) in [7, 11) is 0. The zero-order valence-corrected chi connectivity index (χ0v) is 13.4. The van der Waals surface area contributed by atoms with E-state index in [0.717, 1.165) is 17.3 Å². The average Bonchev–Trinajstić information content (AvgIpc) is 3.13. The highest BCUT2D eigenvalue weighted by Crippen LogP contribution is 2.20. The fraction of sp³-hybridized carbons (Fsp3) is 0.0556. The Morgan fingerprint density at radius 1 is 1.08 bits per heavy atom. The molecule has 0 aliphatic rings. The van der Waals surface area contributed by atoms with Gasteiger partial charge in [0.15, 0.2) is 0 Å². The van der Waals surface area contributed by atoms with E-state index in [-0.39, 0.29) is 17.1 Å². The topological polar surface area (TPSA) is 99.7 Å². The van der Waals surface area contributed by atoms with Gasteiger partial charge in [0.2, 0.25) is 0 Å². The van der Waals surface area contributed by atoms with Gasteiger partial charge in [-0.25, -0.2) is 10.4 Å². The number of benzene rings is 2. The van der Waals surface area contributed by atoms with Crippen LogP contribution in [-0.4, -0.2) is 31.4 Å². The Bertz CT molecular complexity index is 896. The average molecular weight is 336 g/mol. The van der Waals surface area contributed by atoms with Crippen LogP contribution in [-0.2, 0) is 0 Å². The van der Waals surface area contributed by atoms with Crippen LogP contribution in [0.25, 0.3) is 5.69 Å². The summed E-state index contributed by atoms with van der Waals surface area (Å²) in [6.45, 7) is 1.77. The van der Waals surface area contributed by atoms with Crippen molar-refractivity contribution in [3.63, 3.8) is 0 Å². The van der Waals surface area contributed by atoms with Crippen LogP contribution < -0.4 is 5.43 Å². The largest absolute Gasteiger partial charge is 0.508 e. The fourth-order valence-electron chi connectivity index (χ4n) is 2.28. The molecule has 0 saturated carbocycles. The Morgan fingerprint density at radius 2 is 1.76 bits per heavy atom. The van der Waals surface area contributed by atoms with Crippen molar-refractivity contribution in [1.82, 2.24) is 15.0 Å². The highest BCUT2D eigenvalue weighted by molar-refractivity contribution is 6.01. The molecule has 1 aromatic heterocycles. The van der Waals surface area contributed by atoms with E-state index < -0.39 is 5.91 Å². The van der Waals surface area contributed by atoms with Crippen LogP contribution in [0.5, 0.6) is 11.5 Å². The van der Waals surface area contributed by atoms with Crippen molar-refractivity contribution in [2.75, 3.05) is 0 Å². The monoisotopic (exact) mass is 336 g/mol. The van der Waals surface area contributed by atoms with Gasteiger partial charge in [-0.2, -0.15) is 5.10 Å². The molecule has 2 aromatic carbocycles. The molecule has 0 aliphatic heterocycles. The van der Waals surface area contributed by atoms with Crippen LogP contribution in [0.1, 0.15) is 22.8 Å². The van der Waals surface area contributed by atoms with Crippen LogP contribution in [0.15, 0.2) is 66.3 Å². The summed E-state index contributed by atoms with van der Waals surface area (Å²) in [5, 5.41) is 22.9. The van der Waals surface area contributed by atoms with Gasteiger partial charge in [0.1, 0.15) is 11.5 Å². The molecule has 7 heteroatoms. The lowest BCUT2D eigenvalue weighted by Gasteiger charge is -2.06. The Hall–Kier alpha value is -3.61. The predicted octanol–water partition coefficient (Wildman–Crippen LogP) is 2.44. The number of imidazole rings is 1. The first-order valence-corrected chi connectivity index (χ1v) is 7.49. The lowest BCUT2D eigenvalue weighted by Crippen LogP contribution is -2.19. The smallest absolute Gasteiger partial charge is 0.271 e. The molecular formula is C18H16N4O3. The number of hydrazone groups is 1. The minimum absolute atomic E-state index is 0.115. The molecule has 0 spiro atoms. The van der Waals surface area contributed by atoms with E-state index in [1.54, 1.807) is 19.4 Å². The first-order valence-electron chi connectivity index (χ1n) is 7.49. The quantitative estimate of drug-likeness (QED) is 0.503. The van der Waals surface area contributed by atoms with E-state index in [0.29, 0.717) is 5.71 Å². The normalized spacial score (nSPS) is 11.3. The van der Waals surface area contributed by atoms with Crippen LogP contribution in [0.3, 0.4) is 0 Å². The fourth-order valence-corrected chi connectivity index (χ4v) is 2.28. The number of carbonyl (C=O) groups excluding carboxylic acids is 1. The number of rotatable bonds is 4. The van der Waals surface area contributed by atoms with Gasteiger partial charge < -0.3 is 14.8 Å². The summed E-state index contributed by atoms with van der Waals surface area (Å²) in [4.78, 5) is 16.0. The molecule has 0 fully saturated rings. The third-order valence-corrected chi connectivity index (χ3v) is 3.58. The van der Waals surface area contributed by atoms with Crippen LogP contribution in [0.2, 0.25) is 0 Å². The summed E-state index contributed by atoms with van der Waals surface area (Å²) in [5.74, 6) is -0.914. The number of nitrogens with zero attached hydrogens (tertiary/aromatic N) is 3. The molecule has 3 aromatic rings. The van der Waals surface area contributed by atoms with Gasteiger partial charge in [-0.3, -0.25) is 4.79 Å². The number of nitrogens with one attached hydrogen (secondary N) is 1. The number of hydrogen-bond donors (Lipinski definition) is 3. The van der Waals surface area contributed by atoms with Crippen LogP contribution in [0.4, 0.5) is 0 Å². The Kier molecular flexibility index (Phi) is 4.47. The third-order valence-electron chi connectivity index (χ3n) is 3.58. The lowest BCUT2D eigenvalue weighted by molar-refractivity contribution is 0.0954. The molecular weight excluding hydrogens is 320 g/mol. The maximum atomic E-state index is 12.0. The Labute approximate surface area is 143 Å². The van der Waals surface area contributed by atoms with E-state index in [1.165, 1.54) is 12.1 Å². The summed E-state index contributed by atoms with van der Waals surface area (Å²) >= 11 is 0. The van der Waals surface area contributed by atoms with Gasteiger partial charge in [-0.1, -0.05) is 12.1 Å². The molecule has 3 rings (SSSR count). The summed E-state index contributed by atoms with van der Waals surface area (Å²) in [6, 6.07) is 11.3. The number of aromatic hydroxyl groups is 2. The van der Waals surface area contributed by atoms with Crippen molar-refractivity contribution in [3.8, 4) is 17.2 Å². The zero-order chi connectivity index (χ0) is 17.8. The molecule has 0 aliphatic carbocycles. The molecule has 1 amide bonds. The lowest BCUT2D eigenvalue weighted by atomic mass is 10.1. The zero-order valence-electron chi connectivity index (χ0n) is 13.4. The molecule has 7 nitrogen and oxygen atoms in total. The maximum Gasteiger partial charge on any atom is 0.271 e. The summed E-state index contributed by atoms with van der Waals surface area (Å²) in [6.07, 6.45) is 5.26. The van der Waals surface area contributed by atoms with Crippen LogP contribution >= 0.6 is 0 Å². The van der Waals surface area contributed by atoms with Gasteiger partial charge in [-0.15, -0.1) is 0 Å². The molecule has 0 unspecified atom stereocenters. The molecule has 3 N–H and O–H groups in total. The highest BCUT2D eigenvalue weighted by atomic mass is 16.3. The molecule has 126 valence electrons. The molecule has 0 radical (unpaired) electrons. The molecule has 1 heterocycles. The van der Waals surface area contributed by atoms with Gasteiger partial charge in [-0.05, 0) is 36.8 Å². The minimum atomic E-state index is -0.527. The van der Waals surface area contributed by atoms with E-state index in [2.05, 4.69) is 15.5 Å². The van der Waals surface area contributed by atoms with Gasteiger partial charge in [0.25, 0.3) is 5.91 Å². The Balaban J connectivity index is 1.72. The molecule has 0 atom stereocenters. The molecule has 25 heavy (non-hydrogen) atoms. The summed E-state index contributed by atoms with van der Waals surface area (Å²) < 4.78 is 1.88. The first kappa shape index (κ1) is 16.3. The van der Waals surface area contributed by atoms with Gasteiger partial charge in [0.05, 0.1) is 12.0 Å². The van der Waals surface area contributed by atoms with E-state index in [4.69, 9.17) is 0 Å². The second-order valence-electron chi connectivity index (χ2n) is 5.39. The molecule has 0 saturated heterocycles. The minimum Gasteiger partial charge on any atom is -0.508 e. The summed E-state index contributed by atoms with van der Waals surface area (Å²) in [5.41, 5.74) is 4.96. The number of hydrogen-bond acceptors (Lipinski definition) is 5. The van der Waals surface area contributed by atoms with Crippen molar-refractivity contribution >= 4 is 11.6 Å². The second kappa shape index (κ2) is 6.88. The second-order valence-corrected chi connectivity index (χ2v) is 5.39. The first-order chi connectivity index (χ1) is 12.0. The standard InChI is InChI=1S/C18H16N4O3/c1-12(13-2-4-15(5-3-13)22-7-6-19-11-22)20-21-18(25)14-8-16(23)10-17(24)9-14/h2-11,23-24H,1H3,(H,21,25)/b20-12-. The Morgan fingerprint density at radius 3 is 2.36 bits per heavy atom.